The number of nitrogens with one attached hydrogen (secondary N) is 2. The van der Waals surface area contributed by atoms with Crippen molar-refractivity contribution in [2.45, 2.75) is 43.3 Å². The van der Waals surface area contributed by atoms with E-state index in [9.17, 15) is 4.79 Å². The summed E-state index contributed by atoms with van der Waals surface area (Å²) >= 11 is 1.92. The monoisotopic (exact) mass is 304 g/mol. The van der Waals surface area contributed by atoms with Gasteiger partial charge < -0.3 is 10.6 Å². The van der Waals surface area contributed by atoms with E-state index in [1.165, 1.54) is 36.9 Å². The number of hydrogen-bond acceptors (Lipinski definition) is 3. The van der Waals surface area contributed by atoms with Crippen molar-refractivity contribution in [3.05, 3.63) is 29.3 Å². The average molecular weight is 304 g/mol. The van der Waals surface area contributed by atoms with Crippen molar-refractivity contribution in [1.29, 1.82) is 0 Å². The van der Waals surface area contributed by atoms with Crippen molar-refractivity contribution in [3.63, 3.8) is 0 Å². The first kappa shape index (κ1) is 14.8. The number of fused-ring (bicyclic) bond motifs is 1. The van der Waals surface area contributed by atoms with E-state index in [2.05, 4.69) is 23.0 Å². The molecule has 1 aromatic carbocycles. The number of rotatable bonds is 4. The highest BCUT2D eigenvalue weighted by Gasteiger charge is 2.33. The van der Waals surface area contributed by atoms with E-state index in [0.29, 0.717) is 0 Å². The standard InChI is InChI=1S/C17H24N2OS/c1-21-17(8-2-3-9-17)12-19-16(20)14-6-7-15-13(11-14)5-4-10-18-15/h6-7,11,18H,2-5,8-10,12H2,1H3,(H,19,20). The van der Waals surface area contributed by atoms with Gasteiger partial charge >= 0.3 is 0 Å². The SMILES string of the molecule is CSC1(CNC(=O)c2ccc3c(c2)CCCN3)CCCC1. The third-order valence-electron chi connectivity index (χ3n) is 4.82. The van der Waals surface area contributed by atoms with E-state index >= 15 is 0 Å². The molecule has 2 N–H and O–H groups in total. The van der Waals surface area contributed by atoms with Gasteiger partial charge in [-0.3, -0.25) is 4.79 Å². The number of thioether (sulfide) groups is 1. The molecule has 21 heavy (non-hydrogen) atoms. The first-order valence-corrected chi connectivity index (χ1v) is 9.15. The summed E-state index contributed by atoms with van der Waals surface area (Å²) in [6.45, 7) is 1.83. The van der Waals surface area contributed by atoms with Crippen LogP contribution in [0.1, 0.15) is 48.0 Å². The highest BCUT2D eigenvalue weighted by atomic mass is 32.2. The van der Waals surface area contributed by atoms with Crippen LogP contribution >= 0.6 is 11.8 Å². The van der Waals surface area contributed by atoms with Crippen LogP contribution in [0.25, 0.3) is 0 Å². The lowest BCUT2D eigenvalue weighted by atomic mass is 10.0. The van der Waals surface area contributed by atoms with Gasteiger partial charge in [0.2, 0.25) is 0 Å². The topological polar surface area (TPSA) is 41.1 Å². The van der Waals surface area contributed by atoms with Crippen molar-refractivity contribution in [3.8, 4) is 0 Å². The molecule has 114 valence electrons. The number of hydrogen-bond donors (Lipinski definition) is 2. The molecule has 1 fully saturated rings. The average Bonchev–Trinajstić information content (AvgIpc) is 3.01. The summed E-state index contributed by atoms with van der Waals surface area (Å²) < 4.78 is 0.269. The minimum atomic E-state index is 0.0729. The van der Waals surface area contributed by atoms with Crippen molar-refractivity contribution >= 4 is 23.4 Å². The van der Waals surface area contributed by atoms with Crippen LogP contribution in [0.15, 0.2) is 18.2 Å². The van der Waals surface area contributed by atoms with Crippen LogP contribution in [0.5, 0.6) is 0 Å². The van der Waals surface area contributed by atoms with Gasteiger partial charge in [-0.1, -0.05) is 12.8 Å². The Hall–Kier alpha value is -1.16. The second kappa shape index (κ2) is 6.30. The lowest BCUT2D eigenvalue weighted by Gasteiger charge is -2.27. The normalized spacial score (nSPS) is 19.7. The summed E-state index contributed by atoms with van der Waals surface area (Å²) in [4.78, 5) is 12.4. The van der Waals surface area contributed by atoms with E-state index in [-0.39, 0.29) is 10.7 Å². The Bertz CT molecular complexity index is 524. The lowest BCUT2D eigenvalue weighted by molar-refractivity contribution is 0.0949. The van der Waals surface area contributed by atoms with Crippen LogP contribution in [0.2, 0.25) is 0 Å². The minimum Gasteiger partial charge on any atom is -0.385 e. The van der Waals surface area contributed by atoms with Gasteiger partial charge in [0.15, 0.2) is 0 Å². The first-order chi connectivity index (χ1) is 10.2. The predicted octanol–water partition coefficient (Wildman–Crippen LogP) is 3.45. The van der Waals surface area contributed by atoms with Crippen LogP contribution in [0.4, 0.5) is 5.69 Å². The third kappa shape index (κ3) is 3.20. The molecule has 1 aromatic rings. The predicted molar refractivity (Wildman–Crippen MR) is 90.3 cm³/mol. The fourth-order valence-electron chi connectivity index (χ4n) is 3.43. The molecule has 0 saturated heterocycles. The van der Waals surface area contributed by atoms with Crippen LogP contribution in [-0.2, 0) is 6.42 Å². The molecule has 0 unspecified atom stereocenters. The summed E-state index contributed by atoms with van der Waals surface area (Å²) in [5.74, 6) is 0.0729. The van der Waals surface area contributed by atoms with E-state index in [1.807, 2.05) is 23.9 Å². The van der Waals surface area contributed by atoms with E-state index in [0.717, 1.165) is 31.5 Å². The summed E-state index contributed by atoms with van der Waals surface area (Å²) in [7, 11) is 0. The molecular weight excluding hydrogens is 280 g/mol. The Kier molecular flexibility index (Phi) is 4.43. The summed E-state index contributed by atoms with van der Waals surface area (Å²) in [5, 5.41) is 6.54. The molecule has 0 aromatic heterocycles. The number of anilines is 1. The maximum atomic E-state index is 12.4. The summed E-state index contributed by atoms with van der Waals surface area (Å²) in [6.07, 6.45) is 9.42. The first-order valence-electron chi connectivity index (χ1n) is 7.93. The van der Waals surface area contributed by atoms with Crippen molar-refractivity contribution in [1.82, 2.24) is 5.32 Å². The molecule has 1 aliphatic heterocycles. The van der Waals surface area contributed by atoms with Crippen molar-refractivity contribution in [2.24, 2.45) is 0 Å². The Balaban J connectivity index is 1.65. The highest BCUT2D eigenvalue weighted by Crippen LogP contribution is 2.39. The minimum absolute atomic E-state index is 0.0729. The molecule has 1 saturated carbocycles. The fraction of sp³-hybridized carbons (Fsp3) is 0.588. The molecule has 0 radical (unpaired) electrons. The van der Waals surface area contributed by atoms with Crippen molar-refractivity contribution in [2.75, 3.05) is 24.7 Å². The second-order valence-electron chi connectivity index (χ2n) is 6.18. The van der Waals surface area contributed by atoms with Gasteiger partial charge in [0.05, 0.1) is 0 Å². The number of aryl methyl sites for hydroxylation is 1. The van der Waals surface area contributed by atoms with Gasteiger partial charge in [0, 0.05) is 29.1 Å². The number of benzene rings is 1. The molecule has 0 atom stereocenters. The van der Waals surface area contributed by atoms with Crippen LogP contribution < -0.4 is 10.6 Å². The van der Waals surface area contributed by atoms with Crippen LogP contribution in [0, 0.1) is 0 Å². The molecule has 0 bridgehead atoms. The molecule has 1 aliphatic carbocycles. The largest absolute Gasteiger partial charge is 0.385 e. The zero-order valence-corrected chi connectivity index (χ0v) is 13.5. The van der Waals surface area contributed by atoms with Crippen LogP contribution in [0.3, 0.4) is 0 Å². The van der Waals surface area contributed by atoms with E-state index in [4.69, 9.17) is 0 Å². The zero-order valence-electron chi connectivity index (χ0n) is 12.7. The summed E-state index contributed by atoms with van der Waals surface area (Å²) in [6, 6.07) is 6.04. The quantitative estimate of drug-likeness (QED) is 0.895. The fourth-order valence-corrected chi connectivity index (χ4v) is 4.35. The molecule has 0 spiro atoms. The van der Waals surface area contributed by atoms with E-state index in [1.54, 1.807) is 0 Å². The third-order valence-corrected chi connectivity index (χ3v) is 6.24. The Morgan fingerprint density at radius 2 is 2.14 bits per heavy atom. The Morgan fingerprint density at radius 1 is 1.33 bits per heavy atom. The molecule has 2 aliphatic rings. The van der Waals surface area contributed by atoms with Gasteiger partial charge in [0.1, 0.15) is 0 Å². The Labute approximate surface area is 131 Å². The lowest BCUT2D eigenvalue weighted by Crippen LogP contribution is -2.38. The number of carbonyl (C=O) groups excluding carboxylic acids is 1. The highest BCUT2D eigenvalue weighted by molar-refractivity contribution is 8.00. The molecule has 3 rings (SSSR count). The Morgan fingerprint density at radius 3 is 2.90 bits per heavy atom. The maximum absolute atomic E-state index is 12.4. The summed E-state index contributed by atoms with van der Waals surface area (Å²) in [5.41, 5.74) is 3.26. The molecular formula is C17H24N2OS. The second-order valence-corrected chi connectivity index (χ2v) is 7.45. The van der Waals surface area contributed by atoms with Gasteiger partial charge in [-0.05, 0) is 55.7 Å². The maximum Gasteiger partial charge on any atom is 0.251 e. The zero-order chi connectivity index (χ0) is 14.7. The van der Waals surface area contributed by atoms with Crippen molar-refractivity contribution < 1.29 is 4.79 Å². The van der Waals surface area contributed by atoms with Crippen LogP contribution in [-0.4, -0.2) is 30.0 Å². The van der Waals surface area contributed by atoms with Gasteiger partial charge in [0.25, 0.3) is 5.91 Å². The molecule has 4 heteroatoms. The molecule has 3 nitrogen and oxygen atoms in total. The van der Waals surface area contributed by atoms with Gasteiger partial charge in [-0.2, -0.15) is 11.8 Å². The molecule has 1 amide bonds. The smallest absolute Gasteiger partial charge is 0.251 e. The number of carbonyl (C=O) groups is 1. The molecule has 1 heterocycles. The van der Waals surface area contributed by atoms with Gasteiger partial charge in [-0.15, -0.1) is 0 Å². The van der Waals surface area contributed by atoms with E-state index < -0.39 is 0 Å². The van der Waals surface area contributed by atoms with Gasteiger partial charge in [-0.25, -0.2) is 0 Å². The number of amides is 1.